The largest absolute Gasteiger partial charge is 0.377 e. The summed E-state index contributed by atoms with van der Waals surface area (Å²) in [5.41, 5.74) is 3.47. The molecule has 0 aliphatic heterocycles. The summed E-state index contributed by atoms with van der Waals surface area (Å²) in [4.78, 5) is 8.44. The van der Waals surface area contributed by atoms with Crippen LogP contribution < -0.4 is 5.32 Å². The summed E-state index contributed by atoms with van der Waals surface area (Å²) >= 11 is 6.45. The monoisotopic (exact) mass is 455 g/mol. The minimum atomic E-state index is -3.37. The van der Waals surface area contributed by atoms with Crippen LogP contribution in [0.3, 0.4) is 0 Å². The molecular formula is C23H19ClFN3O2S. The topological polar surface area (TPSA) is 72.0 Å². The number of anilines is 1. The van der Waals surface area contributed by atoms with E-state index in [9.17, 15) is 12.8 Å². The summed E-state index contributed by atoms with van der Waals surface area (Å²) in [6.07, 6.45) is 4.19. The van der Waals surface area contributed by atoms with Gasteiger partial charge in [0.1, 0.15) is 5.82 Å². The molecule has 0 radical (unpaired) electrons. The third-order valence-electron chi connectivity index (χ3n) is 5.00. The molecule has 8 heteroatoms. The number of rotatable bonds is 5. The molecule has 4 aromatic rings. The van der Waals surface area contributed by atoms with Crippen molar-refractivity contribution in [3.05, 3.63) is 83.4 Å². The Balaban J connectivity index is 1.76. The van der Waals surface area contributed by atoms with E-state index in [2.05, 4.69) is 15.3 Å². The van der Waals surface area contributed by atoms with Crippen molar-refractivity contribution in [1.82, 2.24) is 9.97 Å². The summed E-state index contributed by atoms with van der Waals surface area (Å²) in [6, 6.07) is 15.1. The Bertz CT molecular complexity index is 1380. The number of nitrogens with one attached hydrogen (secondary N) is 1. The predicted molar refractivity (Wildman–Crippen MR) is 122 cm³/mol. The lowest BCUT2D eigenvalue weighted by Crippen LogP contribution is -2.09. The van der Waals surface area contributed by atoms with E-state index in [1.165, 1.54) is 18.3 Å². The zero-order valence-electron chi connectivity index (χ0n) is 16.8. The van der Waals surface area contributed by atoms with Crippen molar-refractivity contribution in [2.45, 2.75) is 18.0 Å². The normalized spacial score (nSPS) is 12.6. The van der Waals surface area contributed by atoms with E-state index in [4.69, 9.17) is 11.6 Å². The zero-order valence-corrected chi connectivity index (χ0v) is 18.4. The second kappa shape index (κ2) is 8.24. The number of benzene rings is 2. The fourth-order valence-corrected chi connectivity index (χ4v) is 4.15. The average molecular weight is 456 g/mol. The first kappa shape index (κ1) is 21.2. The van der Waals surface area contributed by atoms with Crippen LogP contribution in [0.2, 0.25) is 5.02 Å². The van der Waals surface area contributed by atoms with Gasteiger partial charge in [0, 0.05) is 35.2 Å². The second-order valence-corrected chi connectivity index (χ2v) is 9.63. The molecule has 0 fully saturated rings. The van der Waals surface area contributed by atoms with Crippen molar-refractivity contribution in [1.29, 1.82) is 0 Å². The molecule has 158 valence electrons. The van der Waals surface area contributed by atoms with Gasteiger partial charge < -0.3 is 5.32 Å². The Hall–Kier alpha value is -3.03. The van der Waals surface area contributed by atoms with E-state index in [0.29, 0.717) is 16.3 Å². The van der Waals surface area contributed by atoms with Gasteiger partial charge in [-0.2, -0.15) is 0 Å². The van der Waals surface area contributed by atoms with Gasteiger partial charge in [-0.15, -0.1) is 0 Å². The summed E-state index contributed by atoms with van der Waals surface area (Å²) in [5.74, 6) is -0.297. The first-order chi connectivity index (χ1) is 14.7. The van der Waals surface area contributed by atoms with E-state index in [1.54, 1.807) is 30.5 Å². The lowest BCUT2D eigenvalue weighted by Gasteiger charge is -2.19. The molecule has 0 aliphatic rings. The number of pyridine rings is 2. The Morgan fingerprint density at radius 2 is 1.74 bits per heavy atom. The van der Waals surface area contributed by atoms with Crippen LogP contribution in [0.15, 0.2) is 72.0 Å². The zero-order chi connectivity index (χ0) is 22.2. The predicted octanol–water partition coefficient (Wildman–Crippen LogP) is 5.67. The van der Waals surface area contributed by atoms with Gasteiger partial charge in [0.25, 0.3) is 0 Å². The lowest BCUT2D eigenvalue weighted by molar-refractivity contribution is 0.598. The number of hydrogen-bond donors (Lipinski definition) is 1. The van der Waals surface area contributed by atoms with Gasteiger partial charge in [0.15, 0.2) is 14.9 Å². The van der Waals surface area contributed by atoms with Gasteiger partial charge in [0.2, 0.25) is 0 Å². The molecule has 0 saturated carbocycles. The van der Waals surface area contributed by atoms with Crippen molar-refractivity contribution < 1.29 is 12.8 Å². The van der Waals surface area contributed by atoms with Crippen LogP contribution >= 0.6 is 11.6 Å². The standard InChI is InChI=1S/C23H19ClFN3O2S/c1-14(17-5-3-4-6-20(17)25)28-23-18-11-15(7-9-21(18)26-13-19(23)24)16-8-10-22(27-12-16)31(2,29)30/h3-14H,1-2H3,(H,26,28)/t14-/m1/s1. The van der Waals surface area contributed by atoms with Crippen molar-refractivity contribution in [3.63, 3.8) is 0 Å². The molecule has 2 aromatic carbocycles. The van der Waals surface area contributed by atoms with Gasteiger partial charge in [-0.3, -0.25) is 4.98 Å². The van der Waals surface area contributed by atoms with Crippen LogP contribution in [0.1, 0.15) is 18.5 Å². The summed E-state index contributed by atoms with van der Waals surface area (Å²) in [7, 11) is -3.37. The number of aromatic nitrogens is 2. The molecule has 4 rings (SSSR count). The third-order valence-corrected chi connectivity index (χ3v) is 6.29. The van der Waals surface area contributed by atoms with Gasteiger partial charge in [-0.05, 0) is 42.8 Å². The van der Waals surface area contributed by atoms with Gasteiger partial charge >= 0.3 is 0 Å². The Kier molecular flexibility index (Phi) is 5.64. The Morgan fingerprint density at radius 3 is 2.42 bits per heavy atom. The molecule has 0 spiro atoms. The van der Waals surface area contributed by atoms with Crippen LogP contribution in [0.4, 0.5) is 10.1 Å². The molecular weight excluding hydrogens is 437 g/mol. The van der Waals surface area contributed by atoms with Crippen LogP contribution in [-0.4, -0.2) is 24.6 Å². The van der Waals surface area contributed by atoms with Crippen molar-refractivity contribution in [3.8, 4) is 11.1 Å². The lowest BCUT2D eigenvalue weighted by atomic mass is 10.0. The van der Waals surface area contributed by atoms with Crippen LogP contribution in [0, 0.1) is 5.82 Å². The number of sulfone groups is 1. The molecule has 0 aliphatic carbocycles. The first-order valence-corrected chi connectivity index (χ1v) is 11.8. The maximum Gasteiger partial charge on any atom is 0.192 e. The quantitative estimate of drug-likeness (QED) is 0.420. The molecule has 1 atom stereocenters. The highest BCUT2D eigenvalue weighted by Crippen LogP contribution is 2.35. The van der Waals surface area contributed by atoms with Crippen LogP contribution in [0.5, 0.6) is 0 Å². The van der Waals surface area contributed by atoms with E-state index in [0.717, 1.165) is 28.3 Å². The summed E-state index contributed by atoms with van der Waals surface area (Å²) < 4.78 is 37.5. The number of halogens is 2. The third kappa shape index (κ3) is 4.38. The molecule has 2 heterocycles. The van der Waals surface area contributed by atoms with Gasteiger partial charge in [-0.25, -0.2) is 17.8 Å². The van der Waals surface area contributed by atoms with Crippen LogP contribution in [0.25, 0.3) is 22.0 Å². The molecule has 31 heavy (non-hydrogen) atoms. The van der Waals surface area contributed by atoms with E-state index >= 15 is 0 Å². The maximum absolute atomic E-state index is 14.2. The molecule has 0 saturated heterocycles. The minimum Gasteiger partial charge on any atom is -0.377 e. The maximum atomic E-state index is 14.2. The summed E-state index contributed by atoms with van der Waals surface area (Å²) in [6.45, 7) is 1.86. The number of fused-ring (bicyclic) bond motifs is 1. The molecule has 0 bridgehead atoms. The highest BCUT2D eigenvalue weighted by atomic mass is 35.5. The van der Waals surface area contributed by atoms with Crippen molar-refractivity contribution in [2.24, 2.45) is 0 Å². The SMILES string of the molecule is C[C@@H](Nc1c(Cl)cnc2ccc(-c3ccc(S(C)(=O)=O)nc3)cc12)c1ccccc1F. The second-order valence-electron chi connectivity index (χ2n) is 7.26. The molecule has 0 unspecified atom stereocenters. The average Bonchev–Trinajstić information content (AvgIpc) is 2.75. The minimum absolute atomic E-state index is 0.0165. The van der Waals surface area contributed by atoms with Gasteiger partial charge in [0.05, 0.1) is 22.3 Å². The number of nitrogens with zero attached hydrogens (tertiary/aromatic N) is 2. The first-order valence-electron chi connectivity index (χ1n) is 9.50. The fraction of sp³-hybridized carbons (Fsp3) is 0.130. The Labute approximate surface area is 184 Å². The smallest absolute Gasteiger partial charge is 0.192 e. The van der Waals surface area contributed by atoms with Gasteiger partial charge in [-0.1, -0.05) is 35.9 Å². The Morgan fingerprint density at radius 1 is 1.00 bits per heavy atom. The molecule has 5 nitrogen and oxygen atoms in total. The van der Waals surface area contributed by atoms with E-state index < -0.39 is 9.84 Å². The van der Waals surface area contributed by atoms with E-state index in [1.807, 2.05) is 25.1 Å². The van der Waals surface area contributed by atoms with Crippen molar-refractivity contribution >= 4 is 38.0 Å². The highest BCUT2D eigenvalue weighted by molar-refractivity contribution is 7.90. The fourth-order valence-electron chi connectivity index (χ4n) is 3.39. The summed E-state index contributed by atoms with van der Waals surface area (Å²) in [5, 5.41) is 4.51. The molecule has 1 N–H and O–H groups in total. The van der Waals surface area contributed by atoms with Crippen molar-refractivity contribution in [2.75, 3.05) is 11.6 Å². The molecule has 2 aromatic heterocycles. The van der Waals surface area contributed by atoms with Crippen LogP contribution in [-0.2, 0) is 9.84 Å². The molecule has 0 amide bonds. The highest BCUT2D eigenvalue weighted by Gasteiger charge is 2.15. The number of hydrogen-bond acceptors (Lipinski definition) is 5. The van der Waals surface area contributed by atoms with E-state index in [-0.39, 0.29) is 16.9 Å².